The second-order valence-electron chi connectivity index (χ2n) is 13.4. The van der Waals surface area contributed by atoms with E-state index < -0.39 is 0 Å². The lowest BCUT2D eigenvalue weighted by Gasteiger charge is -2.43. The maximum absolute atomic E-state index is 6.46. The van der Waals surface area contributed by atoms with Crippen molar-refractivity contribution >= 4 is 0 Å². The lowest BCUT2D eigenvalue weighted by Crippen LogP contribution is -2.43. The van der Waals surface area contributed by atoms with Gasteiger partial charge in [0.05, 0.1) is 23.4 Å². The van der Waals surface area contributed by atoms with Gasteiger partial charge in [-0.1, -0.05) is 74.0 Å². The molecule has 8 atom stereocenters. The summed E-state index contributed by atoms with van der Waals surface area (Å²) >= 11 is 0. The molecular formula is C30H54O2. The fourth-order valence-corrected chi connectivity index (χ4v) is 8.93. The first-order valence-corrected chi connectivity index (χ1v) is 13.9. The third kappa shape index (κ3) is 4.74. The fraction of sp³-hybridized carbons (Fsp3) is 0.933. The zero-order valence-corrected chi connectivity index (χ0v) is 23.0. The molecule has 0 aromatic carbocycles. The normalized spacial score (nSPS) is 43.0. The van der Waals surface area contributed by atoms with Crippen LogP contribution in [0.25, 0.3) is 0 Å². The van der Waals surface area contributed by atoms with Gasteiger partial charge < -0.3 is 9.47 Å². The average Bonchev–Trinajstić information content (AvgIpc) is 3.12. The van der Waals surface area contributed by atoms with E-state index >= 15 is 0 Å². The van der Waals surface area contributed by atoms with Gasteiger partial charge in [0, 0.05) is 5.92 Å². The van der Waals surface area contributed by atoms with Crippen molar-refractivity contribution in [2.45, 2.75) is 131 Å². The molecule has 2 heterocycles. The Bertz CT molecular complexity index is 645. The van der Waals surface area contributed by atoms with Gasteiger partial charge in [0.15, 0.2) is 0 Å². The molecule has 2 saturated heterocycles. The van der Waals surface area contributed by atoms with E-state index in [1.165, 1.54) is 37.7 Å². The summed E-state index contributed by atoms with van der Waals surface area (Å²) in [5, 5.41) is 0. The quantitative estimate of drug-likeness (QED) is 0.382. The number of hydrogen-bond donors (Lipinski definition) is 0. The smallest absolute Gasteiger partial charge is 0.0762 e. The number of ether oxygens (including phenoxy) is 2. The summed E-state index contributed by atoms with van der Waals surface area (Å²) < 4.78 is 12.8. The first-order valence-electron chi connectivity index (χ1n) is 13.9. The number of hydrogen-bond acceptors (Lipinski definition) is 2. The molecule has 2 saturated carbocycles. The predicted molar refractivity (Wildman–Crippen MR) is 137 cm³/mol. The lowest BCUT2D eigenvalue weighted by molar-refractivity contribution is -0.0799. The van der Waals surface area contributed by atoms with Crippen LogP contribution in [0.1, 0.15) is 108 Å². The van der Waals surface area contributed by atoms with E-state index in [9.17, 15) is 0 Å². The van der Waals surface area contributed by atoms with Crippen LogP contribution in [0.5, 0.6) is 0 Å². The monoisotopic (exact) mass is 446 g/mol. The second kappa shape index (κ2) is 9.73. The molecule has 0 aromatic rings. The Hall–Kier alpha value is -0.340. The first-order chi connectivity index (χ1) is 14.8. The highest BCUT2D eigenvalue weighted by Gasteiger charge is 2.60. The van der Waals surface area contributed by atoms with Crippen LogP contribution in [-0.4, -0.2) is 23.4 Å². The van der Waals surface area contributed by atoms with E-state index in [4.69, 9.17) is 9.47 Å². The van der Waals surface area contributed by atoms with Gasteiger partial charge in [-0.05, 0) is 87.4 Å². The molecule has 32 heavy (non-hydrogen) atoms. The van der Waals surface area contributed by atoms with Gasteiger partial charge in [0.2, 0.25) is 0 Å². The van der Waals surface area contributed by atoms with Gasteiger partial charge in [0.25, 0.3) is 0 Å². The summed E-state index contributed by atoms with van der Waals surface area (Å²) in [5.74, 6) is 5.87. The van der Waals surface area contributed by atoms with Gasteiger partial charge >= 0.3 is 0 Å². The third-order valence-corrected chi connectivity index (χ3v) is 9.09. The number of fused-ring (bicyclic) bond motifs is 4. The first kappa shape index (κ1) is 26.3. The molecule has 2 aliphatic heterocycles. The van der Waals surface area contributed by atoms with Crippen LogP contribution in [-0.2, 0) is 9.47 Å². The Labute approximate surface area is 200 Å². The number of rotatable bonds is 6. The molecule has 4 bridgehead atoms. The fourth-order valence-electron chi connectivity index (χ4n) is 8.93. The van der Waals surface area contributed by atoms with Crippen molar-refractivity contribution < 1.29 is 9.47 Å². The summed E-state index contributed by atoms with van der Waals surface area (Å²) in [6.45, 7) is 27.5. The van der Waals surface area contributed by atoms with Crippen LogP contribution in [0.15, 0.2) is 12.2 Å². The zero-order chi connectivity index (χ0) is 24.0. The predicted octanol–water partition coefficient (Wildman–Crippen LogP) is 8.30. The molecule has 0 amide bonds. The Balaban J connectivity index is 0.000000181. The Kier molecular flexibility index (Phi) is 7.98. The van der Waals surface area contributed by atoms with Crippen molar-refractivity contribution in [3.8, 4) is 0 Å². The minimum absolute atomic E-state index is 0.115. The van der Waals surface area contributed by atoms with Crippen molar-refractivity contribution in [2.75, 3.05) is 0 Å². The minimum Gasteiger partial charge on any atom is -0.371 e. The van der Waals surface area contributed by atoms with Crippen LogP contribution in [0, 0.1) is 47.3 Å². The standard InChI is InChI=1S/C15H26O.C15H28O/c1-9(2)7-15-8-11(5)13(12(6)16-15)14(15)10(3)4;1-10(2)9-15-8-6-7-13(12(5)16-15)14(15)11(3)4/h9-10,12-14H,5,7-8H2,1-4,6H3;10-14H,6-9H2,1-5H3. The molecule has 2 heteroatoms. The largest absolute Gasteiger partial charge is 0.371 e. The van der Waals surface area contributed by atoms with Crippen LogP contribution >= 0.6 is 0 Å². The van der Waals surface area contributed by atoms with E-state index in [1.54, 1.807) is 0 Å². The van der Waals surface area contributed by atoms with Crippen molar-refractivity contribution in [1.82, 2.24) is 0 Å². The van der Waals surface area contributed by atoms with Crippen molar-refractivity contribution in [3.05, 3.63) is 12.2 Å². The highest BCUT2D eigenvalue weighted by Crippen LogP contribution is 2.59. The zero-order valence-electron chi connectivity index (χ0n) is 23.0. The Morgan fingerprint density at radius 2 is 1.34 bits per heavy atom. The third-order valence-electron chi connectivity index (χ3n) is 9.09. The highest BCUT2D eigenvalue weighted by atomic mass is 16.5. The molecule has 4 rings (SSSR count). The molecule has 2 aliphatic carbocycles. The van der Waals surface area contributed by atoms with Crippen molar-refractivity contribution in [2.24, 2.45) is 47.3 Å². The van der Waals surface area contributed by atoms with Crippen LogP contribution < -0.4 is 0 Å². The van der Waals surface area contributed by atoms with Gasteiger partial charge in [0.1, 0.15) is 0 Å². The van der Waals surface area contributed by atoms with E-state index in [0.717, 1.165) is 30.1 Å². The van der Waals surface area contributed by atoms with Crippen LogP contribution in [0.2, 0.25) is 0 Å². The minimum atomic E-state index is 0.115. The molecule has 4 fully saturated rings. The molecule has 4 aliphatic rings. The molecule has 0 aromatic heterocycles. The molecular weight excluding hydrogens is 392 g/mol. The highest BCUT2D eigenvalue weighted by molar-refractivity contribution is 5.25. The van der Waals surface area contributed by atoms with Gasteiger partial charge in [-0.25, -0.2) is 0 Å². The van der Waals surface area contributed by atoms with E-state index in [-0.39, 0.29) is 11.2 Å². The Morgan fingerprint density at radius 3 is 1.84 bits per heavy atom. The van der Waals surface area contributed by atoms with Crippen molar-refractivity contribution in [1.29, 1.82) is 0 Å². The summed E-state index contributed by atoms with van der Waals surface area (Å²) in [7, 11) is 0. The van der Waals surface area contributed by atoms with Gasteiger partial charge in [-0.3, -0.25) is 0 Å². The summed E-state index contributed by atoms with van der Waals surface area (Å²) in [6.07, 6.45) is 8.50. The van der Waals surface area contributed by atoms with Gasteiger partial charge in [-0.15, -0.1) is 0 Å². The van der Waals surface area contributed by atoms with E-state index in [0.29, 0.717) is 35.9 Å². The molecule has 2 nitrogen and oxygen atoms in total. The molecule has 0 N–H and O–H groups in total. The maximum Gasteiger partial charge on any atom is 0.0762 e. The van der Waals surface area contributed by atoms with E-state index in [1.807, 2.05) is 0 Å². The van der Waals surface area contributed by atoms with Crippen LogP contribution in [0.3, 0.4) is 0 Å². The SMILES string of the molecule is C=C1CC2(CC(C)C)OC(C)C1C2C(C)C.CC(C)CC12CCCC(C(C)O1)C2C(C)C. The summed E-state index contributed by atoms with van der Waals surface area (Å²) in [6, 6.07) is 0. The summed E-state index contributed by atoms with van der Waals surface area (Å²) in [4.78, 5) is 0. The molecule has 0 spiro atoms. The van der Waals surface area contributed by atoms with Crippen LogP contribution in [0.4, 0.5) is 0 Å². The van der Waals surface area contributed by atoms with Crippen molar-refractivity contribution in [3.63, 3.8) is 0 Å². The summed E-state index contributed by atoms with van der Waals surface area (Å²) in [5.41, 5.74) is 1.78. The maximum atomic E-state index is 6.46. The molecule has 8 unspecified atom stereocenters. The lowest BCUT2D eigenvalue weighted by atomic mass is 9.63. The van der Waals surface area contributed by atoms with Gasteiger partial charge in [-0.2, -0.15) is 0 Å². The molecule has 0 radical (unpaired) electrons. The Morgan fingerprint density at radius 1 is 0.812 bits per heavy atom. The average molecular weight is 447 g/mol. The topological polar surface area (TPSA) is 18.5 Å². The van der Waals surface area contributed by atoms with E-state index in [2.05, 4.69) is 75.8 Å². The molecule has 186 valence electrons. The second-order valence-corrected chi connectivity index (χ2v) is 13.4.